The Morgan fingerprint density at radius 3 is 3.00 bits per heavy atom. The first kappa shape index (κ1) is 14.6. The molecule has 20 heavy (non-hydrogen) atoms. The molecule has 0 bridgehead atoms. The summed E-state index contributed by atoms with van der Waals surface area (Å²) >= 11 is 1.45. The van der Waals surface area contributed by atoms with Gasteiger partial charge in [-0.15, -0.1) is 5.10 Å². The van der Waals surface area contributed by atoms with E-state index < -0.39 is 0 Å². The predicted molar refractivity (Wildman–Crippen MR) is 80.4 cm³/mol. The summed E-state index contributed by atoms with van der Waals surface area (Å²) in [5, 5.41) is 10.5. The molecule has 7 heteroatoms. The van der Waals surface area contributed by atoms with Crippen LogP contribution in [0.4, 0.5) is 5.82 Å². The average Bonchev–Trinajstić information content (AvgIpc) is 2.78. The standard InChI is InChI=1S/C13H19N5OS/c1-4-6-14-11-8-10(5-7-15-11)20-13-17-16-12(19)18(13)9(2)3/h5,7-9H,4,6H2,1-3H3,(H,14,15)(H,16,19). The second-order valence-electron chi connectivity index (χ2n) is 4.68. The average molecular weight is 293 g/mol. The van der Waals surface area contributed by atoms with Gasteiger partial charge in [0.25, 0.3) is 0 Å². The van der Waals surface area contributed by atoms with E-state index in [1.807, 2.05) is 26.0 Å². The number of hydrogen-bond donors (Lipinski definition) is 2. The predicted octanol–water partition coefficient (Wildman–Crippen LogP) is 2.52. The molecule has 0 amide bonds. The van der Waals surface area contributed by atoms with Gasteiger partial charge in [-0.25, -0.2) is 14.9 Å². The molecule has 0 aliphatic rings. The zero-order valence-corrected chi connectivity index (χ0v) is 12.7. The van der Waals surface area contributed by atoms with Crippen LogP contribution in [0, 0.1) is 0 Å². The fourth-order valence-electron chi connectivity index (χ4n) is 1.75. The molecule has 2 heterocycles. The van der Waals surface area contributed by atoms with Crippen molar-refractivity contribution in [3.8, 4) is 0 Å². The second kappa shape index (κ2) is 6.60. The van der Waals surface area contributed by atoms with Gasteiger partial charge >= 0.3 is 5.69 Å². The van der Waals surface area contributed by atoms with Gasteiger partial charge in [-0.3, -0.25) is 4.57 Å². The summed E-state index contributed by atoms with van der Waals surface area (Å²) in [6, 6.07) is 3.94. The lowest BCUT2D eigenvalue weighted by atomic mass is 10.4. The molecule has 0 saturated heterocycles. The summed E-state index contributed by atoms with van der Waals surface area (Å²) in [7, 11) is 0. The van der Waals surface area contributed by atoms with Crippen LogP contribution in [0.1, 0.15) is 33.2 Å². The zero-order valence-electron chi connectivity index (χ0n) is 11.9. The van der Waals surface area contributed by atoms with E-state index in [9.17, 15) is 4.79 Å². The van der Waals surface area contributed by atoms with E-state index in [0.717, 1.165) is 23.7 Å². The first-order chi connectivity index (χ1) is 9.61. The number of nitrogens with one attached hydrogen (secondary N) is 2. The van der Waals surface area contributed by atoms with Gasteiger partial charge in [0.2, 0.25) is 0 Å². The highest BCUT2D eigenvalue weighted by atomic mass is 32.2. The van der Waals surface area contributed by atoms with E-state index in [2.05, 4.69) is 27.4 Å². The van der Waals surface area contributed by atoms with E-state index in [1.165, 1.54) is 11.8 Å². The van der Waals surface area contributed by atoms with Crippen LogP contribution in [0.5, 0.6) is 0 Å². The largest absolute Gasteiger partial charge is 0.370 e. The molecule has 0 saturated carbocycles. The maximum atomic E-state index is 11.7. The van der Waals surface area contributed by atoms with Gasteiger partial charge in [-0.2, -0.15) is 0 Å². The summed E-state index contributed by atoms with van der Waals surface area (Å²) in [5.74, 6) is 0.839. The van der Waals surface area contributed by atoms with E-state index in [-0.39, 0.29) is 11.7 Å². The molecule has 6 nitrogen and oxygen atoms in total. The Bertz CT molecular complexity index is 619. The van der Waals surface area contributed by atoms with E-state index in [0.29, 0.717) is 5.16 Å². The molecule has 2 aromatic rings. The lowest BCUT2D eigenvalue weighted by Crippen LogP contribution is -2.19. The zero-order chi connectivity index (χ0) is 14.5. The molecule has 0 atom stereocenters. The molecule has 0 aliphatic carbocycles. The Morgan fingerprint density at radius 2 is 2.30 bits per heavy atom. The Hall–Kier alpha value is -1.76. The number of aromatic amines is 1. The summed E-state index contributed by atoms with van der Waals surface area (Å²) in [4.78, 5) is 16.9. The highest BCUT2D eigenvalue weighted by molar-refractivity contribution is 7.99. The molecule has 108 valence electrons. The maximum Gasteiger partial charge on any atom is 0.344 e. The Labute approximate surface area is 122 Å². The third kappa shape index (κ3) is 3.41. The molecule has 2 N–H and O–H groups in total. The Kier molecular flexibility index (Phi) is 4.84. The van der Waals surface area contributed by atoms with Crippen LogP contribution in [0.15, 0.2) is 33.2 Å². The van der Waals surface area contributed by atoms with Gasteiger partial charge in [0.1, 0.15) is 5.82 Å². The van der Waals surface area contributed by atoms with Gasteiger partial charge in [0.15, 0.2) is 5.16 Å². The van der Waals surface area contributed by atoms with Crippen LogP contribution in [0.3, 0.4) is 0 Å². The van der Waals surface area contributed by atoms with Gasteiger partial charge in [0, 0.05) is 23.7 Å². The Morgan fingerprint density at radius 1 is 1.50 bits per heavy atom. The van der Waals surface area contributed by atoms with Crippen molar-refractivity contribution >= 4 is 17.6 Å². The normalized spacial score (nSPS) is 11.0. The van der Waals surface area contributed by atoms with Crippen LogP contribution < -0.4 is 11.0 Å². The SMILES string of the molecule is CCCNc1cc(Sc2n[nH]c(=O)n2C(C)C)ccn1. The summed E-state index contributed by atoms with van der Waals surface area (Å²) < 4.78 is 1.64. The minimum absolute atomic E-state index is 0.0725. The van der Waals surface area contributed by atoms with E-state index in [1.54, 1.807) is 10.8 Å². The highest BCUT2D eigenvalue weighted by Crippen LogP contribution is 2.27. The molecule has 0 aromatic carbocycles. The molecule has 2 rings (SSSR count). The molecule has 0 aliphatic heterocycles. The van der Waals surface area contributed by atoms with Crippen molar-refractivity contribution in [2.24, 2.45) is 0 Å². The molecule has 2 aromatic heterocycles. The highest BCUT2D eigenvalue weighted by Gasteiger charge is 2.12. The van der Waals surface area contributed by atoms with Crippen molar-refractivity contribution in [2.45, 2.75) is 43.3 Å². The Balaban J connectivity index is 2.20. The fourth-order valence-corrected chi connectivity index (χ4v) is 2.74. The van der Waals surface area contributed by atoms with Crippen molar-refractivity contribution < 1.29 is 0 Å². The van der Waals surface area contributed by atoms with Crippen molar-refractivity contribution in [3.63, 3.8) is 0 Å². The topological polar surface area (TPSA) is 75.6 Å². The monoisotopic (exact) mass is 293 g/mol. The van der Waals surface area contributed by atoms with E-state index in [4.69, 9.17) is 0 Å². The number of hydrogen-bond acceptors (Lipinski definition) is 5. The van der Waals surface area contributed by atoms with Crippen LogP contribution in [0.2, 0.25) is 0 Å². The van der Waals surface area contributed by atoms with Crippen molar-refractivity contribution in [1.82, 2.24) is 19.7 Å². The number of anilines is 1. The van der Waals surface area contributed by atoms with Gasteiger partial charge < -0.3 is 5.32 Å². The molecule has 0 unspecified atom stereocenters. The lowest BCUT2D eigenvalue weighted by Gasteiger charge is -2.09. The number of aromatic nitrogens is 4. The fraction of sp³-hybridized carbons (Fsp3) is 0.462. The minimum Gasteiger partial charge on any atom is -0.370 e. The third-order valence-electron chi connectivity index (χ3n) is 2.69. The first-order valence-electron chi connectivity index (χ1n) is 6.66. The van der Waals surface area contributed by atoms with Gasteiger partial charge in [-0.1, -0.05) is 6.92 Å². The number of H-pyrrole nitrogens is 1. The van der Waals surface area contributed by atoms with Crippen molar-refractivity contribution in [2.75, 3.05) is 11.9 Å². The third-order valence-corrected chi connectivity index (χ3v) is 3.65. The number of pyridine rings is 1. The molecule has 0 fully saturated rings. The minimum atomic E-state index is -0.180. The first-order valence-corrected chi connectivity index (χ1v) is 7.48. The van der Waals surface area contributed by atoms with Gasteiger partial charge in [0.05, 0.1) is 0 Å². The molecule has 0 radical (unpaired) electrons. The summed E-state index contributed by atoms with van der Waals surface area (Å²) in [6.07, 6.45) is 2.80. The van der Waals surface area contributed by atoms with Crippen molar-refractivity contribution in [1.29, 1.82) is 0 Å². The summed E-state index contributed by atoms with van der Waals surface area (Å²) in [6.45, 7) is 6.92. The van der Waals surface area contributed by atoms with E-state index >= 15 is 0 Å². The molecular weight excluding hydrogens is 274 g/mol. The number of rotatable bonds is 6. The van der Waals surface area contributed by atoms with Crippen LogP contribution in [0.25, 0.3) is 0 Å². The van der Waals surface area contributed by atoms with Gasteiger partial charge in [-0.05, 0) is 44.2 Å². The smallest absolute Gasteiger partial charge is 0.344 e. The second-order valence-corrected chi connectivity index (χ2v) is 5.72. The molecular formula is C13H19N5OS. The van der Waals surface area contributed by atoms with Crippen LogP contribution in [-0.4, -0.2) is 26.3 Å². The van der Waals surface area contributed by atoms with Crippen LogP contribution >= 0.6 is 11.8 Å². The lowest BCUT2D eigenvalue weighted by molar-refractivity contribution is 0.534. The quantitative estimate of drug-likeness (QED) is 0.856. The number of nitrogens with zero attached hydrogens (tertiary/aromatic N) is 3. The van der Waals surface area contributed by atoms with Crippen LogP contribution in [-0.2, 0) is 0 Å². The summed E-state index contributed by atoms with van der Waals surface area (Å²) in [5.41, 5.74) is -0.180. The molecule has 0 spiro atoms. The maximum absolute atomic E-state index is 11.7. The van der Waals surface area contributed by atoms with Crippen molar-refractivity contribution in [3.05, 3.63) is 28.8 Å².